The number of hydrogen-bond donors (Lipinski definition) is 1. The van der Waals surface area contributed by atoms with Gasteiger partial charge in [-0.1, -0.05) is 78.9 Å². The first-order valence-corrected chi connectivity index (χ1v) is 11.7. The molecule has 0 saturated carbocycles. The fourth-order valence-electron chi connectivity index (χ4n) is 5.98. The third kappa shape index (κ3) is 3.46. The first-order chi connectivity index (χ1) is 16.1. The normalized spacial score (nSPS) is 24.3. The van der Waals surface area contributed by atoms with Gasteiger partial charge in [0.25, 0.3) is 0 Å². The highest BCUT2D eigenvalue weighted by Gasteiger charge is 2.51. The number of fused-ring (bicyclic) bond motifs is 5. The monoisotopic (exact) mass is 437 g/mol. The first kappa shape index (κ1) is 20.3. The van der Waals surface area contributed by atoms with Crippen LogP contribution in [0.15, 0.2) is 84.9 Å². The minimum absolute atomic E-state index is 0.0118. The second-order valence-corrected chi connectivity index (χ2v) is 9.46. The zero-order valence-corrected chi connectivity index (χ0v) is 18.5. The van der Waals surface area contributed by atoms with Gasteiger partial charge in [0, 0.05) is 24.9 Å². The van der Waals surface area contributed by atoms with Gasteiger partial charge in [-0.2, -0.15) is 0 Å². The molecule has 0 radical (unpaired) electrons. The molecular formula is C29H27NO3. The summed E-state index contributed by atoms with van der Waals surface area (Å²) >= 11 is 0. The Bertz CT molecular complexity index is 1320. The Morgan fingerprint density at radius 3 is 2.18 bits per heavy atom. The van der Waals surface area contributed by atoms with Crippen LogP contribution in [-0.4, -0.2) is 28.2 Å². The summed E-state index contributed by atoms with van der Waals surface area (Å²) < 4.78 is 5.66. The van der Waals surface area contributed by atoms with Gasteiger partial charge in [0.15, 0.2) is 0 Å². The van der Waals surface area contributed by atoms with Gasteiger partial charge in [-0.15, -0.1) is 0 Å². The van der Waals surface area contributed by atoms with Crippen LogP contribution < -0.4 is 0 Å². The van der Waals surface area contributed by atoms with Gasteiger partial charge in [0.1, 0.15) is 6.61 Å². The van der Waals surface area contributed by atoms with Crippen molar-refractivity contribution in [3.63, 3.8) is 0 Å². The lowest BCUT2D eigenvalue weighted by Gasteiger charge is -2.44. The highest BCUT2D eigenvalue weighted by atomic mass is 16.6. The van der Waals surface area contributed by atoms with Crippen molar-refractivity contribution >= 4 is 27.6 Å². The number of amides is 1. The Morgan fingerprint density at radius 1 is 0.848 bits per heavy atom. The maximum Gasteiger partial charge on any atom is 0.410 e. The molecule has 2 heterocycles. The van der Waals surface area contributed by atoms with Crippen molar-refractivity contribution in [3.05, 3.63) is 96.1 Å². The quantitative estimate of drug-likeness (QED) is 0.392. The predicted octanol–water partition coefficient (Wildman–Crippen LogP) is 6.14. The van der Waals surface area contributed by atoms with Crippen LogP contribution in [-0.2, 0) is 16.9 Å². The van der Waals surface area contributed by atoms with Crippen LogP contribution in [0.2, 0.25) is 0 Å². The molecule has 2 atom stereocenters. The number of nitrogens with zero attached hydrogens (tertiary/aromatic N) is 1. The maximum atomic E-state index is 13.0. The molecule has 2 saturated heterocycles. The summed E-state index contributed by atoms with van der Waals surface area (Å²) in [6.45, 7) is 0.273. The lowest BCUT2D eigenvalue weighted by Crippen LogP contribution is -2.52. The minimum atomic E-state index is -0.967. The number of benzene rings is 4. The van der Waals surface area contributed by atoms with Gasteiger partial charge in [-0.25, -0.2) is 4.79 Å². The largest absolute Gasteiger partial charge is 0.445 e. The van der Waals surface area contributed by atoms with Crippen LogP contribution in [0.4, 0.5) is 4.79 Å². The molecule has 4 heteroatoms. The van der Waals surface area contributed by atoms with E-state index < -0.39 is 5.60 Å². The van der Waals surface area contributed by atoms with Gasteiger partial charge in [0.2, 0.25) is 0 Å². The van der Waals surface area contributed by atoms with Gasteiger partial charge >= 0.3 is 6.09 Å². The smallest absolute Gasteiger partial charge is 0.410 e. The molecule has 2 bridgehead atoms. The van der Waals surface area contributed by atoms with Crippen molar-refractivity contribution in [2.75, 3.05) is 0 Å². The van der Waals surface area contributed by atoms with Crippen LogP contribution in [0.25, 0.3) is 21.5 Å². The van der Waals surface area contributed by atoms with Crippen molar-refractivity contribution < 1.29 is 14.6 Å². The van der Waals surface area contributed by atoms with Crippen LogP contribution in [0.3, 0.4) is 0 Å². The summed E-state index contributed by atoms with van der Waals surface area (Å²) in [5, 5.41) is 16.6. The van der Waals surface area contributed by atoms with Crippen molar-refractivity contribution in [1.29, 1.82) is 0 Å². The van der Waals surface area contributed by atoms with Crippen LogP contribution in [0.5, 0.6) is 0 Å². The van der Waals surface area contributed by atoms with Crippen molar-refractivity contribution in [3.8, 4) is 0 Å². The number of rotatable bonds is 3. The van der Waals surface area contributed by atoms with Gasteiger partial charge in [0.05, 0.1) is 5.60 Å². The maximum absolute atomic E-state index is 13.0. The summed E-state index contributed by atoms with van der Waals surface area (Å²) in [6, 6.07) is 28.6. The Kier molecular flexibility index (Phi) is 4.84. The Morgan fingerprint density at radius 2 is 1.45 bits per heavy atom. The van der Waals surface area contributed by atoms with E-state index in [0.717, 1.165) is 40.1 Å². The van der Waals surface area contributed by atoms with Crippen LogP contribution in [0, 0.1) is 0 Å². The van der Waals surface area contributed by atoms with Crippen molar-refractivity contribution in [1.82, 2.24) is 4.90 Å². The zero-order chi connectivity index (χ0) is 22.4. The number of ether oxygens (including phenoxy) is 1. The molecule has 0 aromatic heterocycles. The molecule has 4 aromatic carbocycles. The van der Waals surface area contributed by atoms with E-state index in [1.807, 2.05) is 47.4 Å². The molecule has 2 aliphatic heterocycles. The molecule has 2 fully saturated rings. The molecule has 6 rings (SSSR count). The lowest BCUT2D eigenvalue weighted by atomic mass is 9.78. The number of piperidine rings is 1. The molecule has 166 valence electrons. The molecule has 4 aromatic rings. The van der Waals surface area contributed by atoms with E-state index in [2.05, 4.69) is 42.5 Å². The van der Waals surface area contributed by atoms with Crippen molar-refractivity contribution in [2.45, 2.75) is 50.0 Å². The molecule has 2 unspecified atom stereocenters. The lowest BCUT2D eigenvalue weighted by molar-refractivity contribution is -0.0526. The molecule has 33 heavy (non-hydrogen) atoms. The second kappa shape index (κ2) is 7.89. The van der Waals surface area contributed by atoms with Crippen LogP contribution in [0.1, 0.15) is 36.8 Å². The number of hydrogen-bond acceptors (Lipinski definition) is 3. The van der Waals surface area contributed by atoms with E-state index >= 15 is 0 Å². The van der Waals surface area contributed by atoms with E-state index in [-0.39, 0.29) is 24.8 Å². The average molecular weight is 438 g/mol. The summed E-state index contributed by atoms with van der Waals surface area (Å²) in [5.74, 6) is 0. The van der Waals surface area contributed by atoms with E-state index in [0.29, 0.717) is 12.8 Å². The summed E-state index contributed by atoms with van der Waals surface area (Å²) in [7, 11) is 0. The van der Waals surface area contributed by atoms with E-state index in [4.69, 9.17) is 4.74 Å². The van der Waals surface area contributed by atoms with Gasteiger partial charge < -0.3 is 14.7 Å². The third-order valence-corrected chi connectivity index (χ3v) is 7.45. The molecule has 0 aliphatic carbocycles. The highest BCUT2D eigenvalue weighted by molar-refractivity contribution is 6.09. The summed E-state index contributed by atoms with van der Waals surface area (Å²) in [6.07, 6.45) is 2.60. The summed E-state index contributed by atoms with van der Waals surface area (Å²) in [5.41, 5.74) is 0.992. The number of carbonyl (C=O) groups excluding carboxylic acids is 1. The Hall–Kier alpha value is -3.37. The minimum Gasteiger partial charge on any atom is -0.445 e. The van der Waals surface area contributed by atoms with E-state index in [1.54, 1.807) is 0 Å². The van der Waals surface area contributed by atoms with Crippen molar-refractivity contribution in [2.24, 2.45) is 0 Å². The highest BCUT2D eigenvalue weighted by Crippen LogP contribution is 2.48. The van der Waals surface area contributed by atoms with Crippen LogP contribution >= 0.6 is 0 Å². The fourth-order valence-corrected chi connectivity index (χ4v) is 5.98. The number of aliphatic hydroxyl groups is 1. The number of carbonyl (C=O) groups is 1. The zero-order valence-electron chi connectivity index (χ0n) is 18.5. The average Bonchev–Trinajstić information content (AvgIpc) is 3.14. The van der Waals surface area contributed by atoms with Gasteiger partial charge in [-0.3, -0.25) is 0 Å². The second-order valence-electron chi connectivity index (χ2n) is 9.46. The fraction of sp³-hybridized carbons (Fsp3) is 0.276. The predicted molar refractivity (Wildman–Crippen MR) is 130 cm³/mol. The SMILES string of the molecule is O=C(OCc1ccccc1)N1C2CCC1CC(O)(c1cc3ccccc3c3ccccc13)C2. The Labute approximate surface area is 193 Å². The third-order valence-electron chi connectivity index (χ3n) is 7.45. The summed E-state index contributed by atoms with van der Waals surface area (Å²) in [4.78, 5) is 14.9. The standard InChI is InChI=1S/C29H27NO3/c31-28(33-19-20-8-2-1-3-9-20)30-22-14-15-23(30)18-29(32,17-22)27-16-21-10-4-5-11-24(21)25-12-6-7-13-26(25)27/h1-13,16,22-23,32H,14-15,17-19H2. The molecule has 1 N–H and O–H groups in total. The Balaban J connectivity index is 1.31. The molecule has 1 amide bonds. The topological polar surface area (TPSA) is 49.8 Å². The molecule has 2 aliphatic rings. The van der Waals surface area contributed by atoms with E-state index in [1.165, 1.54) is 5.39 Å². The first-order valence-electron chi connectivity index (χ1n) is 11.7. The van der Waals surface area contributed by atoms with Gasteiger partial charge in [-0.05, 0) is 51.6 Å². The molecule has 4 nitrogen and oxygen atoms in total. The van der Waals surface area contributed by atoms with E-state index in [9.17, 15) is 9.90 Å². The molecular weight excluding hydrogens is 410 g/mol. The molecule has 0 spiro atoms.